The molecule has 13 heavy (non-hydrogen) atoms. The first-order valence-electron chi connectivity index (χ1n) is 4.77. The minimum atomic E-state index is 0.0611. The molecule has 0 saturated carbocycles. The fourth-order valence-corrected chi connectivity index (χ4v) is 0.810. The molecule has 0 rings (SSSR count). The number of hydrogen-bond acceptors (Lipinski definition) is 2. The van der Waals surface area contributed by atoms with Crippen molar-refractivity contribution in [3.05, 3.63) is 11.6 Å². The van der Waals surface area contributed by atoms with E-state index in [4.69, 9.17) is 0 Å². The average molecular weight is 184 g/mol. The predicted octanol–water partition coefficient (Wildman–Crippen LogP) is 1.07. The molecule has 0 aromatic heterocycles. The van der Waals surface area contributed by atoms with Crippen LogP contribution in [0.3, 0.4) is 0 Å². The molecule has 0 heterocycles. The summed E-state index contributed by atoms with van der Waals surface area (Å²) in [5.41, 5.74) is 1.22. The number of carbonyl (C=O) groups excluding carboxylic acids is 1. The van der Waals surface area contributed by atoms with Gasteiger partial charge in [0, 0.05) is 6.54 Å². The third-order valence-corrected chi connectivity index (χ3v) is 1.52. The van der Waals surface area contributed by atoms with Gasteiger partial charge in [-0.25, -0.2) is 0 Å². The number of nitrogens with one attached hydrogen (secondary N) is 2. The van der Waals surface area contributed by atoms with Crippen LogP contribution >= 0.6 is 0 Å². The monoisotopic (exact) mass is 184 g/mol. The first-order valence-corrected chi connectivity index (χ1v) is 4.77. The quantitative estimate of drug-likeness (QED) is 0.479. The molecular formula is C10H20N2O. The number of rotatable bonds is 6. The maximum absolute atomic E-state index is 11.1. The largest absolute Gasteiger partial charge is 0.352 e. The third-order valence-electron chi connectivity index (χ3n) is 1.52. The Labute approximate surface area is 80.6 Å². The Hall–Kier alpha value is -0.830. The lowest BCUT2D eigenvalue weighted by atomic mass is 10.3. The second kappa shape index (κ2) is 7.80. The number of amides is 1. The van der Waals surface area contributed by atoms with Crippen molar-refractivity contribution < 1.29 is 4.79 Å². The summed E-state index contributed by atoms with van der Waals surface area (Å²) in [6, 6.07) is 0. The van der Waals surface area contributed by atoms with Gasteiger partial charge in [-0.05, 0) is 26.8 Å². The Bertz CT molecular complexity index is 172. The van der Waals surface area contributed by atoms with E-state index in [0.717, 1.165) is 13.0 Å². The Balaban J connectivity index is 3.36. The maximum atomic E-state index is 11.1. The highest BCUT2D eigenvalue weighted by Gasteiger charge is 1.96. The highest BCUT2D eigenvalue weighted by atomic mass is 16.1. The standard InChI is InChI=1S/C10H20N2O/c1-4-6-11-8-10(13)12-7-5-9(2)3/h5,11H,4,6-8H2,1-3H3,(H,12,13). The van der Waals surface area contributed by atoms with Crippen LogP contribution in [0.15, 0.2) is 11.6 Å². The van der Waals surface area contributed by atoms with Gasteiger partial charge in [0.25, 0.3) is 0 Å². The van der Waals surface area contributed by atoms with Gasteiger partial charge in [0.05, 0.1) is 6.54 Å². The molecule has 2 N–H and O–H groups in total. The smallest absolute Gasteiger partial charge is 0.234 e. The molecule has 0 atom stereocenters. The summed E-state index contributed by atoms with van der Waals surface area (Å²) in [7, 11) is 0. The van der Waals surface area contributed by atoms with Crippen LogP contribution in [0.4, 0.5) is 0 Å². The van der Waals surface area contributed by atoms with Crippen molar-refractivity contribution in [1.82, 2.24) is 10.6 Å². The molecule has 0 aromatic rings. The SMILES string of the molecule is CCCNCC(=O)NCC=C(C)C. The van der Waals surface area contributed by atoms with Gasteiger partial charge in [-0.1, -0.05) is 18.6 Å². The molecule has 0 bridgehead atoms. The summed E-state index contributed by atoms with van der Waals surface area (Å²) in [5, 5.41) is 5.84. The number of carbonyl (C=O) groups is 1. The lowest BCUT2D eigenvalue weighted by Crippen LogP contribution is -2.34. The van der Waals surface area contributed by atoms with Gasteiger partial charge in [-0.2, -0.15) is 0 Å². The van der Waals surface area contributed by atoms with Gasteiger partial charge in [-0.15, -0.1) is 0 Å². The zero-order valence-electron chi connectivity index (χ0n) is 8.81. The highest BCUT2D eigenvalue weighted by molar-refractivity contribution is 5.78. The molecule has 0 unspecified atom stereocenters. The van der Waals surface area contributed by atoms with Crippen LogP contribution in [-0.2, 0) is 4.79 Å². The van der Waals surface area contributed by atoms with E-state index < -0.39 is 0 Å². The summed E-state index contributed by atoms with van der Waals surface area (Å²) in [6.07, 6.45) is 3.05. The van der Waals surface area contributed by atoms with E-state index in [1.807, 2.05) is 19.9 Å². The van der Waals surface area contributed by atoms with Gasteiger partial charge in [0.1, 0.15) is 0 Å². The molecule has 1 amide bonds. The molecule has 0 spiro atoms. The van der Waals surface area contributed by atoms with Crippen LogP contribution in [0.1, 0.15) is 27.2 Å². The molecule has 0 radical (unpaired) electrons. The minimum absolute atomic E-state index is 0.0611. The van der Waals surface area contributed by atoms with Crippen molar-refractivity contribution >= 4 is 5.91 Å². The van der Waals surface area contributed by atoms with E-state index in [1.54, 1.807) is 0 Å². The van der Waals surface area contributed by atoms with Gasteiger partial charge in [0.2, 0.25) is 5.91 Å². The van der Waals surface area contributed by atoms with Crippen LogP contribution < -0.4 is 10.6 Å². The Morgan fingerprint density at radius 2 is 2.08 bits per heavy atom. The van der Waals surface area contributed by atoms with Crippen LogP contribution in [0.2, 0.25) is 0 Å². The fraction of sp³-hybridized carbons (Fsp3) is 0.700. The van der Waals surface area contributed by atoms with Crippen molar-refractivity contribution in [3.63, 3.8) is 0 Å². The zero-order chi connectivity index (χ0) is 10.1. The highest BCUT2D eigenvalue weighted by Crippen LogP contribution is 1.84. The first kappa shape index (κ1) is 12.2. The zero-order valence-corrected chi connectivity index (χ0v) is 8.81. The van der Waals surface area contributed by atoms with Crippen molar-refractivity contribution in [2.24, 2.45) is 0 Å². The van der Waals surface area contributed by atoms with E-state index in [-0.39, 0.29) is 5.91 Å². The Kier molecular flexibility index (Phi) is 7.30. The lowest BCUT2D eigenvalue weighted by Gasteiger charge is -2.03. The summed E-state index contributed by atoms with van der Waals surface area (Å²) >= 11 is 0. The Morgan fingerprint density at radius 1 is 1.38 bits per heavy atom. The van der Waals surface area contributed by atoms with Crippen molar-refractivity contribution in [2.45, 2.75) is 27.2 Å². The van der Waals surface area contributed by atoms with Gasteiger partial charge < -0.3 is 10.6 Å². The molecule has 0 aliphatic carbocycles. The van der Waals surface area contributed by atoms with Crippen molar-refractivity contribution in [2.75, 3.05) is 19.6 Å². The minimum Gasteiger partial charge on any atom is -0.352 e. The van der Waals surface area contributed by atoms with E-state index in [2.05, 4.69) is 17.6 Å². The predicted molar refractivity (Wildman–Crippen MR) is 55.6 cm³/mol. The van der Waals surface area contributed by atoms with Crippen LogP contribution in [-0.4, -0.2) is 25.5 Å². The molecule has 0 aliphatic rings. The summed E-state index contributed by atoms with van der Waals surface area (Å²) < 4.78 is 0. The first-order chi connectivity index (χ1) is 6.16. The second-order valence-corrected chi connectivity index (χ2v) is 3.26. The molecule has 0 fully saturated rings. The van der Waals surface area contributed by atoms with E-state index >= 15 is 0 Å². The van der Waals surface area contributed by atoms with E-state index in [9.17, 15) is 4.79 Å². The fourth-order valence-electron chi connectivity index (χ4n) is 0.810. The normalized spacial score (nSPS) is 9.46. The third kappa shape index (κ3) is 9.08. The average Bonchev–Trinajstić information content (AvgIpc) is 2.04. The summed E-state index contributed by atoms with van der Waals surface area (Å²) in [5.74, 6) is 0.0611. The van der Waals surface area contributed by atoms with E-state index in [1.165, 1.54) is 5.57 Å². The topological polar surface area (TPSA) is 41.1 Å². The Morgan fingerprint density at radius 3 is 2.62 bits per heavy atom. The number of allylic oxidation sites excluding steroid dienone is 1. The van der Waals surface area contributed by atoms with Gasteiger partial charge in [-0.3, -0.25) is 4.79 Å². The summed E-state index contributed by atoms with van der Waals surface area (Å²) in [6.45, 7) is 8.06. The molecular weight excluding hydrogens is 164 g/mol. The van der Waals surface area contributed by atoms with Crippen molar-refractivity contribution in [3.8, 4) is 0 Å². The number of hydrogen-bond donors (Lipinski definition) is 2. The second-order valence-electron chi connectivity index (χ2n) is 3.26. The molecule has 3 nitrogen and oxygen atoms in total. The molecule has 0 aliphatic heterocycles. The molecule has 3 heteroatoms. The van der Waals surface area contributed by atoms with Crippen molar-refractivity contribution in [1.29, 1.82) is 0 Å². The molecule has 0 aromatic carbocycles. The van der Waals surface area contributed by atoms with E-state index in [0.29, 0.717) is 13.1 Å². The lowest BCUT2D eigenvalue weighted by molar-refractivity contribution is -0.120. The molecule has 76 valence electrons. The maximum Gasteiger partial charge on any atom is 0.234 e. The summed E-state index contributed by atoms with van der Waals surface area (Å²) in [4.78, 5) is 11.1. The van der Waals surface area contributed by atoms with Crippen LogP contribution in [0, 0.1) is 0 Å². The van der Waals surface area contributed by atoms with Crippen LogP contribution in [0.25, 0.3) is 0 Å². The van der Waals surface area contributed by atoms with Crippen LogP contribution in [0.5, 0.6) is 0 Å². The molecule has 0 saturated heterocycles. The van der Waals surface area contributed by atoms with Gasteiger partial charge in [0.15, 0.2) is 0 Å². The van der Waals surface area contributed by atoms with Gasteiger partial charge >= 0.3 is 0 Å².